The molecule has 9 heteroatoms. The summed E-state index contributed by atoms with van der Waals surface area (Å²) >= 11 is 1.43. The van der Waals surface area contributed by atoms with Crippen LogP contribution in [0.5, 0.6) is 5.75 Å². The summed E-state index contributed by atoms with van der Waals surface area (Å²) in [7, 11) is 0. The van der Waals surface area contributed by atoms with Crippen LogP contribution in [0.1, 0.15) is 20.8 Å². The number of hydrogen-bond acceptors (Lipinski definition) is 6. The molecular weight excluding hydrogens is 382 g/mol. The van der Waals surface area contributed by atoms with Crippen LogP contribution < -0.4 is 21.3 Å². The third-order valence-corrected chi connectivity index (χ3v) is 5.27. The van der Waals surface area contributed by atoms with Gasteiger partial charge >= 0.3 is 0 Å². The van der Waals surface area contributed by atoms with Gasteiger partial charge in [-0.1, -0.05) is 0 Å². The molecule has 0 saturated carbocycles. The number of carbonyl (C=O) groups is 2. The van der Waals surface area contributed by atoms with Crippen LogP contribution in [0.4, 0.5) is 0 Å². The van der Waals surface area contributed by atoms with Crippen molar-refractivity contribution in [3.63, 3.8) is 0 Å². The number of pyridine rings is 1. The van der Waals surface area contributed by atoms with E-state index in [1.807, 2.05) is 6.07 Å². The van der Waals surface area contributed by atoms with Crippen molar-refractivity contribution < 1.29 is 19.4 Å². The van der Waals surface area contributed by atoms with Crippen LogP contribution in [-0.4, -0.2) is 34.6 Å². The summed E-state index contributed by atoms with van der Waals surface area (Å²) in [5.41, 5.74) is 5.82. The summed E-state index contributed by atoms with van der Waals surface area (Å²) in [6.07, 6.45) is 1.54. The molecule has 28 heavy (non-hydrogen) atoms. The number of aromatic amines is 1. The number of aliphatic hydroxyl groups excluding tert-OH is 1. The number of primary amides is 1. The summed E-state index contributed by atoms with van der Waals surface area (Å²) in [6.45, 7) is 1.30. The first-order valence-corrected chi connectivity index (χ1v) is 9.26. The van der Waals surface area contributed by atoms with Gasteiger partial charge in [-0.25, -0.2) is 0 Å². The van der Waals surface area contributed by atoms with E-state index in [0.29, 0.717) is 22.3 Å². The molecule has 5 N–H and O–H groups in total. The number of fused-ring (bicyclic) bond motifs is 1. The largest absolute Gasteiger partial charge is 0.489 e. The molecule has 8 nitrogen and oxygen atoms in total. The minimum absolute atomic E-state index is 0.0839. The SMILES string of the molecule is Cc1sc2ccc(OCc3ccc[nH]c3=O)cc2c1C(=O)NC(CO)C(N)=O. The maximum Gasteiger partial charge on any atom is 0.254 e. The Hall–Kier alpha value is -3.17. The molecule has 146 valence electrons. The molecule has 3 rings (SSSR count). The molecule has 1 atom stereocenters. The first-order chi connectivity index (χ1) is 13.4. The lowest BCUT2D eigenvalue weighted by Gasteiger charge is -2.13. The average molecular weight is 401 g/mol. The molecular formula is C19H19N3O5S. The van der Waals surface area contributed by atoms with E-state index >= 15 is 0 Å². The van der Waals surface area contributed by atoms with Gasteiger partial charge in [0.05, 0.1) is 17.7 Å². The van der Waals surface area contributed by atoms with Gasteiger partial charge in [0.15, 0.2) is 0 Å². The van der Waals surface area contributed by atoms with E-state index < -0.39 is 24.5 Å². The minimum Gasteiger partial charge on any atom is -0.489 e. The van der Waals surface area contributed by atoms with Crippen molar-refractivity contribution >= 4 is 33.2 Å². The smallest absolute Gasteiger partial charge is 0.254 e. The number of hydrogen-bond donors (Lipinski definition) is 4. The number of nitrogens with two attached hydrogens (primary N) is 1. The van der Waals surface area contributed by atoms with E-state index in [4.69, 9.17) is 10.5 Å². The van der Waals surface area contributed by atoms with Crippen molar-refractivity contribution in [3.8, 4) is 5.75 Å². The van der Waals surface area contributed by atoms with Gasteiger partial charge in [0.1, 0.15) is 18.4 Å². The van der Waals surface area contributed by atoms with Gasteiger partial charge < -0.3 is 25.9 Å². The Labute approximate surface area is 164 Å². The number of H-pyrrole nitrogens is 1. The van der Waals surface area contributed by atoms with Crippen molar-refractivity contribution in [2.45, 2.75) is 19.6 Å². The number of aryl methyl sites for hydroxylation is 1. The van der Waals surface area contributed by atoms with Crippen molar-refractivity contribution in [2.24, 2.45) is 5.73 Å². The molecule has 3 aromatic rings. The summed E-state index contributed by atoms with van der Waals surface area (Å²) in [4.78, 5) is 39.0. The van der Waals surface area contributed by atoms with Crippen LogP contribution in [0.15, 0.2) is 41.3 Å². The zero-order valence-corrected chi connectivity index (χ0v) is 15.8. The lowest BCUT2D eigenvalue weighted by molar-refractivity contribution is -0.120. The number of ether oxygens (including phenoxy) is 1. The topological polar surface area (TPSA) is 135 Å². The highest BCUT2D eigenvalue weighted by Crippen LogP contribution is 2.33. The first kappa shape index (κ1) is 19.6. The predicted octanol–water partition coefficient (Wildman–Crippen LogP) is 1.05. The quantitative estimate of drug-likeness (QED) is 0.469. The number of rotatable bonds is 7. The van der Waals surface area contributed by atoms with Gasteiger partial charge in [-0.2, -0.15) is 0 Å². The Morgan fingerprint density at radius 1 is 1.36 bits per heavy atom. The highest BCUT2D eigenvalue weighted by atomic mass is 32.1. The normalized spacial score (nSPS) is 11.9. The molecule has 0 aliphatic heterocycles. The molecule has 0 aliphatic carbocycles. The summed E-state index contributed by atoms with van der Waals surface area (Å²) in [5.74, 6) is -0.820. The van der Waals surface area contributed by atoms with Gasteiger partial charge in [0.25, 0.3) is 11.5 Å². The summed E-state index contributed by atoms with van der Waals surface area (Å²) in [5, 5.41) is 12.3. The Bertz CT molecular complexity index is 1090. The van der Waals surface area contributed by atoms with Crippen LogP contribution in [0, 0.1) is 6.92 Å². The van der Waals surface area contributed by atoms with E-state index in [2.05, 4.69) is 10.3 Å². The first-order valence-electron chi connectivity index (χ1n) is 8.44. The van der Waals surface area contributed by atoms with E-state index in [-0.39, 0.29) is 12.2 Å². The Kier molecular flexibility index (Phi) is 5.76. The molecule has 0 aliphatic rings. The molecule has 2 aromatic heterocycles. The summed E-state index contributed by atoms with van der Waals surface area (Å²) in [6, 6.07) is 7.52. The molecule has 0 saturated heterocycles. The standard InChI is InChI=1S/C19H19N3O5S/c1-10-16(19(26)22-14(8-23)17(20)24)13-7-12(4-5-15(13)28-10)27-9-11-3-2-6-21-18(11)25/h2-7,14,23H,8-9H2,1H3,(H2,20,24)(H,21,25)(H,22,26). The number of benzene rings is 1. The molecule has 2 heterocycles. The van der Waals surface area contributed by atoms with Gasteiger partial charge in [0, 0.05) is 21.2 Å². The van der Waals surface area contributed by atoms with E-state index in [1.165, 1.54) is 11.3 Å². The average Bonchev–Trinajstić information content (AvgIpc) is 3.00. The minimum atomic E-state index is -1.16. The molecule has 0 spiro atoms. The number of aliphatic hydroxyl groups is 1. The number of nitrogens with one attached hydrogen (secondary N) is 2. The Morgan fingerprint density at radius 2 is 2.14 bits per heavy atom. The molecule has 0 radical (unpaired) electrons. The van der Waals surface area contributed by atoms with Crippen LogP contribution in [-0.2, 0) is 11.4 Å². The highest BCUT2D eigenvalue weighted by Gasteiger charge is 2.22. The fourth-order valence-electron chi connectivity index (χ4n) is 2.74. The van der Waals surface area contributed by atoms with Crippen LogP contribution in [0.2, 0.25) is 0 Å². The third-order valence-electron chi connectivity index (χ3n) is 4.19. The molecule has 0 fully saturated rings. The van der Waals surface area contributed by atoms with E-state index in [1.54, 1.807) is 37.4 Å². The van der Waals surface area contributed by atoms with Crippen LogP contribution in [0.3, 0.4) is 0 Å². The number of aromatic nitrogens is 1. The van der Waals surface area contributed by atoms with Crippen molar-refractivity contribution in [3.05, 3.63) is 62.9 Å². The molecule has 0 bridgehead atoms. The van der Waals surface area contributed by atoms with Gasteiger partial charge in [0.2, 0.25) is 5.91 Å². The highest BCUT2D eigenvalue weighted by molar-refractivity contribution is 7.19. The number of amides is 2. The fourth-order valence-corrected chi connectivity index (χ4v) is 3.78. The van der Waals surface area contributed by atoms with Crippen LogP contribution >= 0.6 is 11.3 Å². The number of thiophene rings is 1. The molecule has 2 amide bonds. The van der Waals surface area contributed by atoms with E-state index in [0.717, 1.165) is 9.58 Å². The maximum atomic E-state index is 12.6. The van der Waals surface area contributed by atoms with E-state index in [9.17, 15) is 19.5 Å². The molecule has 1 unspecified atom stereocenters. The van der Waals surface area contributed by atoms with Crippen molar-refractivity contribution in [1.29, 1.82) is 0 Å². The van der Waals surface area contributed by atoms with Gasteiger partial charge in [-0.15, -0.1) is 11.3 Å². The lowest BCUT2D eigenvalue weighted by Crippen LogP contribution is -2.46. The third kappa shape index (κ3) is 4.05. The zero-order valence-electron chi connectivity index (χ0n) is 15.0. The second-order valence-electron chi connectivity index (χ2n) is 6.12. The lowest BCUT2D eigenvalue weighted by atomic mass is 10.1. The fraction of sp³-hybridized carbons (Fsp3) is 0.211. The number of carbonyl (C=O) groups excluding carboxylic acids is 2. The van der Waals surface area contributed by atoms with Crippen LogP contribution in [0.25, 0.3) is 10.1 Å². The summed E-state index contributed by atoms with van der Waals surface area (Å²) < 4.78 is 6.57. The van der Waals surface area contributed by atoms with Crippen molar-refractivity contribution in [2.75, 3.05) is 6.61 Å². The predicted molar refractivity (Wildman–Crippen MR) is 105 cm³/mol. The Balaban J connectivity index is 1.87. The molecule has 1 aromatic carbocycles. The second-order valence-corrected chi connectivity index (χ2v) is 7.37. The monoisotopic (exact) mass is 401 g/mol. The maximum absolute atomic E-state index is 12.6. The Morgan fingerprint density at radius 3 is 2.82 bits per heavy atom. The zero-order chi connectivity index (χ0) is 20.3. The van der Waals surface area contributed by atoms with Gasteiger partial charge in [-0.05, 0) is 37.3 Å². The van der Waals surface area contributed by atoms with Crippen molar-refractivity contribution in [1.82, 2.24) is 10.3 Å². The van der Waals surface area contributed by atoms with Gasteiger partial charge in [-0.3, -0.25) is 14.4 Å². The second kappa shape index (κ2) is 8.24.